The van der Waals surface area contributed by atoms with Crippen LogP contribution in [-0.2, 0) is 6.18 Å². The van der Waals surface area contributed by atoms with Gasteiger partial charge in [0.2, 0.25) is 5.88 Å². The summed E-state index contributed by atoms with van der Waals surface area (Å²) in [6.45, 7) is 5.11. The fraction of sp³-hybridized carbons (Fsp3) is 0.400. The van der Waals surface area contributed by atoms with Crippen molar-refractivity contribution in [2.24, 2.45) is 0 Å². The number of ether oxygens (including phenoxy) is 3. The summed E-state index contributed by atoms with van der Waals surface area (Å²) in [5.41, 5.74) is -0.576. The Bertz CT molecular complexity index is 867. The molecular formula is C20H21F3N2O4. The van der Waals surface area contributed by atoms with Gasteiger partial charge in [-0.3, -0.25) is 4.79 Å². The van der Waals surface area contributed by atoms with E-state index < -0.39 is 18.0 Å². The molecule has 0 radical (unpaired) electrons. The van der Waals surface area contributed by atoms with E-state index in [-0.39, 0.29) is 24.9 Å². The van der Waals surface area contributed by atoms with E-state index in [0.717, 1.165) is 6.07 Å². The van der Waals surface area contributed by atoms with Crippen LogP contribution >= 0.6 is 0 Å². The van der Waals surface area contributed by atoms with Crippen molar-refractivity contribution in [3.05, 3.63) is 47.7 Å². The van der Waals surface area contributed by atoms with Crippen LogP contribution in [0.15, 0.2) is 36.4 Å². The van der Waals surface area contributed by atoms with E-state index in [1.54, 1.807) is 23.1 Å². The Morgan fingerprint density at radius 2 is 1.79 bits per heavy atom. The summed E-state index contributed by atoms with van der Waals surface area (Å²) in [5.74, 6) is 0.718. The molecule has 29 heavy (non-hydrogen) atoms. The van der Waals surface area contributed by atoms with Crippen LogP contribution in [0.5, 0.6) is 17.4 Å². The maximum atomic E-state index is 12.7. The number of hydrogen-bond donors (Lipinski definition) is 0. The summed E-state index contributed by atoms with van der Waals surface area (Å²) in [7, 11) is 0. The highest BCUT2D eigenvalue weighted by Gasteiger charge is 2.35. The molecule has 6 nitrogen and oxygen atoms in total. The van der Waals surface area contributed by atoms with Crippen molar-refractivity contribution in [1.82, 2.24) is 9.88 Å². The molecule has 9 heteroatoms. The maximum absolute atomic E-state index is 12.7. The van der Waals surface area contributed by atoms with Crippen LogP contribution < -0.4 is 14.2 Å². The first kappa shape index (κ1) is 20.8. The Hall–Kier alpha value is -2.97. The first-order chi connectivity index (χ1) is 13.8. The topological polar surface area (TPSA) is 60.9 Å². The molecule has 0 aliphatic carbocycles. The molecule has 1 aromatic carbocycles. The number of likely N-dealkylation sites (tertiary alicyclic amines) is 1. The molecule has 0 spiro atoms. The van der Waals surface area contributed by atoms with E-state index in [0.29, 0.717) is 30.3 Å². The van der Waals surface area contributed by atoms with Gasteiger partial charge in [0.25, 0.3) is 5.91 Å². The summed E-state index contributed by atoms with van der Waals surface area (Å²) < 4.78 is 54.7. The predicted octanol–water partition coefficient (Wildman–Crippen LogP) is 3.80. The summed E-state index contributed by atoms with van der Waals surface area (Å²) >= 11 is 0. The summed E-state index contributed by atoms with van der Waals surface area (Å²) in [6.07, 6.45) is -4.95. The fourth-order valence-electron chi connectivity index (χ4n) is 2.85. The summed E-state index contributed by atoms with van der Waals surface area (Å²) in [5, 5.41) is 0. The monoisotopic (exact) mass is 410 g/mol. The molecule has 0 saturated carbocycles. The Morgan fingerprint density at radius 3 is 2.45 bits per heavy atom. The Balaban J connectivity index is 1.61. The summed E-state index contributed by atoms with van der Waals surface area (Å²) in [4.78, 5) is 17.7. The number of aromatic nitrogens is 1. The number of pyridine rings is 1. The molecule has 0 N–H and O–H groups in total. The summed E-state index contributed by atoms with van der Waals surface area (Å²) in [6, 6.07) is 8.44. The lowest BCUT2D eigenvalue weighted by Gasteiger charge is -2.38. The molecular weight excluding hydrogens is 389 g/mol. The highest BCUT2D eigenvalue weighted by Crippen LogP contribution is 2.31. The van der Waals surface area contributed by atoms with Gasteiger partial charge in [-0.25, -0.2) is 4.98 Å². The third-order valence-electron chi connectivity index (χ3n) is 4.23. The zero-order valence-electron chi connectivity index (χ0n) is 16.0. The van der Waals surface area contributed by atoms with E-state index in [4.69, 9.17) is 14.2 Å². The third kappa shape index (κ3) is 4.90. The minimum absolute atomic E-state index is 0.114. The average Bonchev–Trinajstić information content (AvgIpc) is 2.65. The lowest BCUT2D eigenvalue weighted by molar-refractivity contribution is -0.141. The number of nitrogens with zero attached hydrogens (tertiary/aromatic N) is 2. The van der Waals surface area contributed by atoms with Crippen LogP contribution in [0.2, 0.25) is 0 Å². The number of benzene rings is 1. The van der Waals surface area contributed by atoms with Crippen LogP contribution in [0.25, 0.3) is 0 Å². The third-order valence-corrected chi connectivity index (χ3v) is 4.23. The fourth-order valence-corrected chi connectivity index (χ4v) is 2.85. The van der Waals surface area contributed by atoms with E-state index in [1.165, 1.54) is 12.1 Å². The molecule has 0 atom stereocenters. The minimum Gasteiger partial charge on any atom is -0.490 e. The highest BCUT2D eigenvalue weighted by molar-refractivity contribution is 5.95. The quantitative estimate of drug-likeness (QED) is 0.695. The second kappa shape index (κ2) is 8.59. The van der Waals surface area contributed by atoms with Gasteiger partial charge in [0.05, 0.1) is 26.3 Å². The van der Waals surface area contributed by atoms with Gasteiger partial charge in [0.15, 0.2) is 11.5 Å². The minimum atomic E-state index is -4.53. The lowest BCUT2D eigenvalue weighted by atomic mass is 10.1. The van der Waals surface area contributed by atoms with Gasteiger partial charge in [-0.15, -0.1) is 0 Å². The number of alkyl halides is 3. The average molecular weight is 410 g/mol. The zero-order valence-corrected chi connectivity index (χ0v) is 16.0. The number of carbonyl (C=O) groups is 1. The second-order valence-corrected chi connectivity index (χ2v) is 6.34. The van der Waals surface area contributed by atoms with E-state index in [1.807, 2.05) is 13.8 Å². The normalized spacial score (nSPS) is 14.3. The highest BCUT2D eigenvalue weighted by atomic mass is 19.4. The molecule has 156 valence electrons. The van der Waals surface area contributed by atoms with Crippen molar-refractivity contribution in [3.8, 4) is 17.4 Å². The Morgan fingerprint density at radius 1 is 1.10 bits per heavy atom. The van der Waals surface area contributed by atoms with Crippen molar-refractivity contribution in [2.75, 3.05) is 26.3 Å². The molecule has 1 amide bonds. The van der Waals surface area contributed by atoms with Crippen LogP contribution in [-0.4, -0.2) is 48.2 Å². The van der Waals surface area contributed by atoms with E-state index in [2.05, 4.69) is 4.98 Å². The van der Waals surface area contributed by atoms with Crippen LogP contribution in [0.4, 0.5) is 13.2 Å². The molecule has 0 bridgehead atoms. The van der Waals surface area contributed by atoms with Gasteiger partial charge in [-0.05, 0) is 38.1 Å². The molecule has 2 aromatic rings. The lowest BCUT2D eigenvalue weighted by Crippen LogP contribution is -2.56. The Labute approximate surface area is 166 Å². The number of hydrogen-bond acceptors (Lipinski definition) is 5. The van der Waals surface area contributed by atoms with Gasteiger partial charge >= 0.3 is 6.18 Å². The molecule has 1 fully saturated rings. The van der Waals surface area contributed by atoms with Gasteiger partial charge in [0.1, 0.15) is 11.8 Å². The van der Waals surface area contributed by atoms with Crippen molar-refractivity contribution in [1.29, 1.82) is 0 Å². The maximum Gasteiger partial charge on any atom is 0.433 e. The number of carbonyl (C=O) groups excluding carboxylic acids is 1. The largest absolute Gasteiger partial charge is 0.490 e. The van der Waals surface area contributed by atoms with Crippen molar-refractivity contribution < 1.29 is 32.2 Å². The number of rotatable bonds is 7. The van der Waals surface area contributed by atoms with Gasteiger partial charge in [-0.2, -0.15) is 13.2 Å². The molecule has 1 aliphatic rings. The van der Waals surface area contributed by atoms with Crippen molar-refractivity contribution >= 4 is 5.91 Å². The molecule has 1 aliphatic heterocycles. The second-order valence-electron chi connectivity index (χ2n) is 6.34. The number of amides is 1. The van der Waals surface area contributed by atoms with Crippen LogP contribution in [0, 0.1) is 0 Å². The standard InChI is InChI=1S/C20H21F3N2O4/c1-3-27-15-9-8-13(10-16(15)28-4-2)19(26)25-11-14(12-25)29-18-7-5-6-17(24-18)20(21,22)23/h5-10,14H,3-4,11-12H2,1-2H3. The van der Waals surface area contributed by atoms with Gasteiger partial charge in [-0.1, -0.05) is 6.07 Å². The first-order valence-electron chi connectivity index (χ1n) is 9.21. The van der Waals surface area contributed by atoms with Gasteiger partial charge < -0.3 is 19.1 Å². The van der Waals surface area contributed by atoms with E-state index >= 15 is 0 Å². The molecule has 3 rings (SSSR count). The molecule has 1 aromatic heterocycles. The number of halogens is 3. The SMILES string of the molecule is CCOc1ccc(C(=O)N2CC(Oc3cccc(C(F)(F)F)n3)C2)cc1OCC. The van der Waals surface area contributed by atoms with Crippen molar-refractivity contribution in [2.45, 2.75) is 26.1 Å². The zero-order chi connectivity index (χ0) is 21.0. The first-order valence-corrected chi connectivity index (χ1v) is 9.21. The van der Waals surface area contributed by atoms with Crippen LogP contribution in [0.1, 0.15) is 29.9 Å². The van der Waals surface area contributed by atoms with E-state index in [9.17, 15) is 18.0 Å². The molecule has 0 unspecified atom stereocenters. The van der Waals surface area contributed by atoms with Crippen LogP contribution in [0.3, 0.4) is 0 Å². The smallest absolute Gasteiger partial charge is 0.433 e. The molecule has 1 saturated heterocycles. The predicted molar refractivity (Wildman–Crippen MR) is 98.3 cm³/mol. The molecule has 2 heterocycles. The van der Waals surface area contributed by atoms with Gasteiger partial charge in [0, 0.05) is 11.6 Å². The van der Waals surface area contributed by atoms with Crippen molar-refractivity contribution in [3.63, 3.8) is 0 Å². The Kier molecular flexibility index (Phi) is 6.14.